The molecule has 7 nitrogen and oxygen atoms in total. The Morgan fingerprint density at radius 3 is 2.48 bits per heavy atom. The Balaban J connectivity index is 1.91. The van der Waals surface area contributed by atoms with E-state index in [0.29, 0.717) is 22.1 Å². The third-order valence-electron chi connectivity index (χ3n) is 5.46. The maximum absolute atomic E-state index is 13.2. The topological polar surface area (TPSA) is 89.0 Å². The summed E-state index contributed by atoms with van der Waals surface area (Å²) in [6, 6.07) is 14.4. The molecule has 1 N–H and O–H groups in total. The first-order valence-electron chi connectivity index (χ1n) is 10.1. The summed E-state index contributed by atoms with van der Waals surface area (Å²) >= 11 is 6.06. The number of ether oxygens (including phenoxy) is 2. The van der Waals surface area contributed by atoms with Gasteiger partial charge in [-0.1, -0.05) is 29.8 Å². The van der Waals surface area contributed by atoms with Gasteiger partial charge < -0.3 is 19.5 Å². The number of halogens is 1. The molecule has 2 aromatic carbocycles. The number of ketones is 1. The van der Waals surface area contributed by atoms with Crippen molar-refractivity contribution in [2.24, 2.45) is 0 Å². The van der Waals surface area contributed by atoms with Crippen LogP contribution in [0.25, 0.3) is 5.76 Å². The number of Topliss-reactive ketones (excluding diaryl/α,β-unsaturated/α-hetero) is 1. The normalized spacial score (nSPS) is 17.3. The molecule has 1 aliphatic rings. The van der Waals surface area contributed by atoms with Crippen LogP contribution in [0.2, 0.25) is 5.02 Å². The van der Waals surface area contributed by atoms with Gasteiger partial charge in [0.1, 0.15) is 17.3 Å². The van der Waals surface area contributed by atoms with Gasteiger partial charge in [0.15, 0.2) is 0 Å². The van der Waals surface area contributed by atoms with Gasteiger partial charge in [-0.25, -0.2) is 0 Å². The van der Waals surface area contributed by atoms with Crippen molar-refractivity contribution in [3.05, 3.63) is 94.3 Å². The highest BCUT2D eigenvalue weighted by atomic mass is 35.5. The summed E-state index contributed by atoms with van der Waals surface area (Å²) in [6.45, 7) is 0.137. The Morgan fingerprint density at radius 2 is 1.85 bits per heavy atom. The van der Waals surface area contributed by atoms with Crippen LogP contribution in [-0.4, -0.2) is 40.9 Å². The van der Waals surface area contributed by atoms with Crippen LogP contribution in [0.4, 0.5) is 0 Å². The Morgan fingerprint density at radius 1 is 1.09 bits per heavy atom. The van der Waals surface area contributed by atoms with Gasteiger partial charge in [-0.05, 0) is 47.5 Å². The maximum Gasteiger partial charge on any atom is 0.295 e. The largest absolute Gasteiger partial charge is 0.507 e. The molecule has 168 valence electrons. The SMILES string of the molecule is COc1ccc(OC)c(/C(O)=C2\C(=O)C(=O)N(Cc3cccnc3)C2c2ccc(Cl)cc2)c1. The van der Waals surface area contributed by atoms with Crippen molar-refractivity contribution in [3.8, 4) is 11.5 Å². The summed E-state index contributed by atoms with van der Waals surface area (Å²) in [5, 5.41) is 11.8. The van der Waals surface area contributed by atoms with Crippen molar-refractivity contribution in [2.75, 3.05) is 14.2 Å². The number of methoxy groups -OCH3 is 2. The number of aliphatic hydroxyl groups is 1. The van der Waals surface area contributed by atoms with Gasteiger partial charge >= 0.3 is 0 Å². The lowest BCUT2D eigenvalue weighted by molar-refractivity contribution is -0.140. The smallest absolute Gasteiger partial charge is 0.295 e. The number of pyridine rings is 1. The van der Waals surface area contributed by atoms with E-state index in [9.17, 15) is 14.7 Å². The van der Waals surface area contributed by atoms with E-state index in [4.69, 9.17) is 21.1 Å². The van der Waals surface area contributed by atoms with Crippen LogP contribution in [0.3, 0.4) is 0 Å². The first-order valence-corrected chi connectivity index (χ1v) is 10.5. The molecule has 8 heteroatoms. The first-order chi connectivity index (χ1) is 15.9. The second-order valence-electron chi connectivity index (χ2n) is 7.41. The van der Waals surface area contributed by atoms with Crippen LogP contribution >= 0.6 is 11.6 Å². The van der Waals surface area contributed by atoms with E-state index >= 15 is 0 Å². The van der Waals surface area contributed by atoms with E-state index in [1.807, 2.05) is 6.07 Å². The predicted molar refractivity (Wildman–Crippen MR) is 123 cm³/mol. The Hall–Kier alpha value is -3.84. The van der Waals surface area contributed by atoms with Crippen LogP contribution in [0.15, 0.2) is 72.6 Å². The summed E-state index contributed by atoms with van der Waals surface area (Å²) < 4.78 is 10.6. The summed E-state index contributed by atoms with van der Waals surface area (Å²) in [5.41, 5.74) is 1.58. The molecule has 0 aliphatic carbocycles. The Kier molecular flexibility index (Phi) is 6.33. The third kappa shape index (κ3) is 4.27. The number of likely N-dealkylation sites (tertiary alicyclic amines) is 1. The Labute approximate surface area is 195 Å². The average Bonchev–Trinajstić information content (AvgIpc) is 3.09. The fraction of sp³-hybridized carbons (Fsp3) is 0.160. The molecule has 1 saturated heterocycles. The average molecular weight is 465 g/mol. The fourth-order valence-corrected chi connectivity index (χ4v) is 3.99. The highest BCUT2D eigenvalue weighted by Crippen LogP contribution is 2.42. The van der Waals surface area contributed by atoms with E-state index in [1.54, 1.807) is 60.9 Å². The van der Waals surface area contributed by atoms with E-state index < -0.39 is 17.7 Å². The molecule has 0 radical (unpaired) electrons. The third-order valence-corrected chi connectivity index (χ3v) is 5.72. The lowest BCUT2D eigenvalue weighted by Gasteiger charge is -2.25. The molecule has 4 rings (SSSR count). The molecule has 1 aliphatic heterocycles. The van der Waals surface area contributed by atoms with Gasteiger partial charge in [0.25, 0.3) is 11.7 Å². The summed E-state index contributed by atoms with van der Waals surface area (Å²) in [6.07, 6.45) is 3.26. The van der Waals surface area contributed by atoms with Crippen LogP contribution < -0.4 is 9.47 Å². The zero-order chi connectivity index (χ0) is 23.5. The highest BCUT2D eigenvalue weighted by molar-refractivity contribution is 6.46. The number of benzene rings is 2. The molecule has 1 unspecified atom stereocenters. The second kappa shape index (κ2) is 9.34. The standard InChI is InChI=1S/C25H21ClN2O5/c1-32-18-9-10-20(33-2)19(12-18)23(29)21-22(16-5-7-17(26)8-6-16)28(25(31)24(21)30)14-15-4-3-11-27-13-15/h3-13,22,29H,14H2,1-2H3/b23-21+. The number of carbonyl (C=O) groups excluding carboxylic acids is 2. The number of carbonyl (C=O) groups is 2. The van der Waals surface area contributed by atoms with Gasteiger partial charge in [-0.2, -0.15) is 0 Å². The molecule has 1 amide bonds. The minimum atomic E-state index is -0.835. The van der Waals surface area contributed by atoms with Crippen molar-refractivity contribution in [2.45, 2.75) is 12.6 Å². The summed E-state index contributed by atoms with van der Waals surface area (Å²) in [4.78, 5) is 31.8. The molecule has 0 bridgehead atoms. The van der Waals surface area contributed by atoms with E-state index in [2.05, 4.69) is 4.98 Å². The zero-order valence-corrected chi connectivity index (χ0v) is 18.7. The van der Waals surface area contributed by atoms with E-state index in [1.165, 1.54) is 19.1 Å². The van der Waals surface area contributed by atoms with E-state index in [-0.39, 0.29) is 23.4 Å². The van der Waals surface area contributed by atoms with Gasteiger partial charge in [0.05, 0.1) is 31.4 Å². The van der Waals surface area contributed by atoms with Crippen LogP contribution in [0.1, 0.15) is 22.7 Å². The van der Waals surface area contributed by atoms with Gasteiger partial charge in [0.2, 0.25) is 0 Å². The molecule has 0 spiro atoms. The number of hydrogen-bond donors (Lipinski definition) is 1. The molecule has 1 fully saturated rings. The lowest BCUT2D eigenvalue weighted by Crippen LogP contribution is -2.29. The molecule has 1 atom stereocenters. The minimum Gasteiger partial charge on any atom is -0.507 e. The molecule has 2 heterocycles. The van der Waals surface area contributed by atoms with Crippen molar-refractivity contribution in [3.63, 3.8) is 0 Å². The number of nitrogens with zero attached hydrogens (tertiary/aromatic N) is 2. The van der Waals surface area contributed by atoms with Gasteiger partial charge in [0, 0.05) is 24.0 Å². The van der Waals surface area contributed by atoms with Gasteiger partial charge in [-0.15, -0.1) is 0 Å². The summed E-state index contributed by atoms with van der Waals surface area (Å²) in [7, 11) is 2.95. The second-order valence-corrected chi connectivity index (χ2v) is 7.84. The monoisotopic (exact) mass is 464 g/mol. The molecular weight excluding hydrogens is 444 g/mol. The van der Waals surface area contributed by atoms with Crippen molar-refractivity contribution >= 4 is 29.1 Å². The lowest BCUT2D eigenvalue weighted by atomic mass is 9.95. The van der Waals surface area contributed by atoms with Gasteiger partial charge in [-0.3, -0.25) is 14.6 Å². The number of aliphatic hydroxyl groups excluding tert-OH is 1. The van der Waals surface area contributed by atoms with Crippen LogP contribution in [0, 0.1) is 0 Å². The van der Waals surface area contributed by atoms with Crippen molar-refractivity contribution in [1.82, 2.24) is 9.88 Å². The molecule has 1 aromatic heterocycles. The van der Waals surface area contributed by atoms with Crippen LogP contribution in [-0.2, 0) is 16.1 Å². The number of aromatic nitrogens is 1. The summed E-state index contributed by atoms with van der Waals surface area (Å²) in [5.74, 6) is -1.06. The molecule has 3 aromatic rings. The highest BCUT2D eigenvalue weighted by Gasteiger charge is 2.46. The molecule has 0 saturated carbocycles. The minimum absolute atomic E-state index is 0.0437. The quantitative estimate of drug-likeness (QED) is 0.331. The Bertz CT molecular complexity index is 1230. The number of hydrogen-bond acceptors (Lipinski definition) is 6. The molecular formula is C25H21ClN2O5. The molecule has 33 heavy (non-hydrogen) atoms. The fourth-order valence-electron chi connectivity index (χ4n) is 3.87. The maximum atomic E-state index is 13.2. The first kappa shape index (κ1) is 22.4. The zero-order valence-electron chi connectivity index (χ0n) is 18.0. The van der Waals surface area contributed by atoms with E-state index in [0.717, 1.165) is 5.56 Å². The number of rotatable bonds is 6. The van der Waals surface area contributed by atoms with Crippen molar-refractivity contribution in [1.29, 1.82) is 0 Å². The van der Waals surface area contributed by atoms with Crippen molar-refractivity contribution < 1.29 is 24.2 Å². The number of amides is 1. The predicted octanol–water partition coefficient (Wildman–Crippen LogP) is 4.37. The van der Waals surface area contributed by atoms with Crippen LogP contribution in [0.5, 0.6) is 11.5 Å².